The monoisotopic (exact) mass is 320 g/mol. The Kier molecular flexibility index (Phi) is 8.67. The first-order valence-corrected chi connectivity index (χ1v) is 8.86. The minimum atomic E-state index is -0.197. The summed E-state index contributed by atoms with van der Waals surface area (Å²) in [5, 5.41) is 2.86. The molecule has 1 rings (SSSR count). The lowest BCUT2D eigenvalue weighted by Gasteiger charge is -2.17. The molecule has 0 aromatic heterocycles. The van der Waals surface area contributed by atoms with Gasteiger partial charge < -0.3 is 5.32 Å². The zero-order chi connectivity index (χ0) is 17.2. The molecule has 0 aromatic carbocycles. The lowest BCUT2D eigenvalue weighted by Crippen LogP contribution is -2.39. The molecule has 1 atom stereocenters. The maximum atomic E-state index is 12.1. The van der Waals surface area contributed by atoms with Crippen LogP contribution in [0.1, 0.15) is 66.2 Å². The van der Waals surface area contributed by atoms with E-state index in [9.17, 15) is 9.59 Å². The number of allylic oxidation sites excluding steroid dienone is 1. The highest BCUT2D eigenvalue weighted by Crippen LogP contribution is 2.17. The molecule has 0 fully saturated rings. The van der Waals surface area contributed by atoms with Crippen LogP contribution in [0.25, 0.3) is 0 Å². The van der Waals surface area contributed by atoms with E-state index in [0.29, 0.717) is 12.1 Å². The predicted molar refractivity (Wildman–Crippen MR) is 94.8 cm³/mol. The van der Waals surface area contributed by atoms with Crippen LogP contribution in [0.3, 0.4) is 0 Å². The maximum absolute atomic E-state index is 12.1. The van der Waals surface area contributed by atoms with Gasteiger partial charge in [-0.2, -0.15) is 0 Å². The summed E-state index contributed by atoms with van der Waals surface area (Å²) in [5.74, 6) is 0.424. The molecule has 0 saturated heterocycles. The normalized spacial score (nSPS) is 17.7. The summed E-state index contributed by atoms with van der Waals surface area (Å²) in [4.78, 5) is 25.4. The third kappa shape index (κ3) is 7.02. The van der Waals surface area contributed by atoms with Gasteiger partial charge in [-0.3, -0.25) is 14.5 Å². The molecule has 0 radical (unpaired) electrons. The van der Waals surface area contributed by atoms with Gasteiger partial charge in [0.15, 0.2) is 0 Å². The number of amides is 2. The van der Waals surface area contributed by atoms with Crippen molar-refractivity contribution in [3.8, 4) is 0 Å². The minimum absolute atomic E-state index is 0.166. The van der Waals surface area contributed by atoms with Crippen LogP contribution in [0, 0.1) is 5.92 Å². The summed E-state index contributed by atoms with van der Waals surface area (Å²) in [5.41, 5.74) is 1.83. The van der Waals surface area contributed by atoms with Crippen LogP contribution in [0.2, 0.25) is 0 Å². The molecule has 1 heterocycles. The Bertz CT molecular complexity index is 466. The number of hydrogen-bond acceptors (Lipinski definition) is 3. The molecular weight excluding hydrogens is 288 g/mol. The molecule has 0 aromatic rings. The van der Waals surface area contributed by atoms with Crippen LogP contribution >= 0.6 is 0 Å². The second-order valence-corrected chi connectivity index (χ2v) is 6.71. The van der Waals surface area contributed by atoms with E-state index in [1.54, 1.807) is 13.1 Å². The highest BCUT2D eigenvalue weighted by molar-refractivity contribution is 6.05. The maximum Gasteiger partial charge on any atom is 0.257 e. The second-order valence-electron chi connectivity index (χ2n) is 6.71. The number of hydrogen-bond donors (Lipinski definition) is 1. The van der Waals surface area contributed by atoms with Gasteiger partial charge in [-0.15, -0.1) is 0 Å². The van der Waals surface area contributed by atoms with Crippen LogP contribution in [0.5, 0.6) is 0 Å². The van der Waals surface area contributed by atoms with Crippen LogP contribution < -0.4 is 5.32 Å². The number of nitrogens with zero attached hydrogens (tertiary/aromatic N) is 1. The van der Waals surface area contributed by atoms with Gasteiger partial charge >= 0.3 is 0 Å². The van der Waals surface area contributed by atoms with E-state index < -0.39 is 0 Å². The molecular formula is C19H32N2O2. The Balaban J connectivity index is 2.41. The molecule has 1 aliphatic heterocycles. The highest BCUT2D eigenvalue weighted by Gasteiger charge is 2.23. The molecule has 1 aliphatic rings. The number of carbonyl (C=O) groups is 2. The van der Waals surface area contributed by atoms with Gasteiger partial charge in [-0.05, 0) is 32.6 Å². The minimum Gasteiger partial charge on any atom is -0.382 e. The first-order chi connectivity index (χ1) is 11.0. The van der Waals surface area contributed by atoms with Crippen molar-refractivity contribution in [3.63, 3.8) is 0 Å². The standard InChI is InChI=1S/C19H32N2O2/c1-5-6-8-15(2)9-7-10-16(3)11-12-21-18(22)14-20-13-17(4)19(21)23/h11,13,15,20H,5-10,12,14H2,1-4H3/b16-11+. The SMILES string of the molecule is CCCCC(C)CCC/C(C)=C/CN1C(=O)CNC=C(C)C1=O. The van der Waals surface area contributed by atoms with Crippen molar-refractivity contribution in [2.45, 2.75) is 66.2 Å². The van der Waals surface area contributed by atoms with Crippen molar-refractivity contribution < 1.29 is 9.59 Å². The fourth-order valence-corrected chi connectivity index (χ4v) is 2.73. The predicted octanol–water partition coefficient (Wildman–Crippen LogP) is 3.79. The quantitative estimate of drug-likeness (QED) is 0.519. The second kappa shape index (κ2) is 10.2. The van der Waals surface area contributed by atoms with E-state index in [1.807, 2.05) is 6.08 Å². The summed E-state index contributed by atoms with van der Waals surface area (Å²) in [7, 11) is 0. The van der Waals surface area contributed by atoms with Crippen LogP contribution in [-0.2, 0) is 9.59 Å². The van der Waals surface area contributed by atoms with Crippen LogP contribution in [0.4, 0.5) is 0 Å². The van der Waals surface area contributed by atoms with Crippen molar-refractivity contribution in [2.24, 2.45) is 5.92 Å². The Morgan fingerprint density at radius 3 is 2.74 bits per heavy atom. The topological polar surface area (TPSA) is 49.4 Å². The molecule has 130 valence electrons. The molecule has 0 aliphatic carbocycles. The van der Waals surface area contributed by atoms with Crippen molar-refractivity contribution in [2.75, 3.05) is 13.1 Å². The number of carbonyl (C=O) groups excluding carboxylic acids is 2. The first-order valence-electron chi connectivity index (χ1n) is 8.86. The Morgan fingerprint density at radius 1 is 1.35 bits per heavy atom. The Morgan fingerprint density at radius 2 is 2.04 bits per heavy atom. The van der Waals surface area contributed by atoms with Gasteiger partial charge in [0.25, 0.3) is 5.91 Å². The van der Waals surface area contributed by atoms with Gasteiger partial charge in [0.1, 0.15) is 0 Å². The molecule has 1 unspecified atom stereocenters. The van der Waals surface area contributed by atoms with E-state index in [1.165, 1.54) is 42.6 Å². The zero-order valence-electron chi connectivity index (χ0n) is 15.2. The molecule has 0 spiro atoms. The highest BCUT2D eigenvalue weighted by atomic mass is 16.2. The number of rotatable bonds is 9. The number of nitrogens with one attached hydrogen (secondary N) is 1. The van der Waals surface area contributed by atoms with Crippen molar-refractivity contribution >= 4 is 11.8 Å². The van der Waals surface area contributed by atoms with Crippen molar-refractivity contribution in [1.29, 1.82) is 0 Å². The molecule has 23 heavy (non-hydrogen) atoms. The van der Waals surface area contributed by atoms with E-state index >= 15 is 0 Å². The van der Waals surface area contributed by atoms with E-state index in [0.717, 1.165) is 12.3 Å². The Hall–Kier alpha value is -1.58. The molecule has 4 heteroatoms. The fourth-order valence-electron chi connectivity index (χ4n) is 2.73. The summed E-state index contributed by atoms with van der Waals surface area (Å²) >= 11 is 0. The van der Waals surface area contributed by atoms with Gasteiger partial charge in [0.2, 0.25) is 5.91 Å². The van der Waals surface area contributed by atoms with Crippen LogP contribution in [-0.4, -0.2) is 29.8 Å². The van der Waals surface area contributed by atoms with Gasteiger partial charge in [0.05, 0.1) is 6.54 Å². The lowest BCUT2D eigenvalue weighted by atomic mass is 9.96. The summed E-state index contributed by atoms with van der Waals surface area (Å²) < 4.78 is 0. The number of unbranched alkanes of at least 4 members (excludes halogenated alkanes) is 1. The first kappa shape index (κ1) is 19.5. The summed E-state index contributed by atoms with van der Waals surface area (Å²) in [6.45, 7) is 8.94. The number of imide groups is 1. The summed E-state index contributed by atoms with van der Waals surface area (Å²) in [6, 6.07) is 0. The average Bonchev–Trinajstić information content (AvgIpc) is 2.63. The molecule has 2 amide bonds. The van der Waals surface area contributed by atoms with E-state index in [4.69, 9.17) is 0 Å². The van der Waals surface area contributed by atoms with E-state index in [-0.39, 0.29) is 18.4 Å². The van der Waals surface area contributed by atoms with E-state index in [2.05, 4.69) is 26.1 Å². The van der Waals surface area contributed by atoms with Crippen molar-refractivity contribution in [1.82, 2.24) is 10.2 Å². The molecule has 0 bridgehead atoms. The van der Waals surface area contributed by atoms with Crippen molar-refractivity contribution in [3.05, 3.63) is 23.4 Å². The van der Waals surface area contributed by atoms with Gasteiger partial charge in [0, 0.05) is 18.3 Å². The largest absolute Gasteiger partial charge is 0.382 e. The molecule has 0 saturated carbocycles. The average molecular weight is 320 g/mol. The molecule has 4 nitrogen and oxygen atoms in total. The zero-order valence-corrected chi connectivity index (χ0v) is 15.2. The third-order valence-electron chi connectivity index (χ3n) is 4.40. The smallest absolute Gasteiger partial charge is 0.257 e. The summed E-state index contributed by atoms with van der Waals surface area (Å²) in [6.07, 6.45) is 11.0. The van der Waals surface area contributed by atoms with Crippen LogP contribution in [0.15, 0.2) is 23.4 Å². The Labute approximate surface area is 141 Å². The van der Waals surface area contributed by atoms with Gasteiger partial charge in [-0.25, -0.2) is 0 Å². The fraction of sp³-hybridized carbons (Fsp3) is 0.684. The lowest BCUT2D eigenvalue weighted by molar-refractivity contribution is -0.140. The van der Waals surface area contributed by atoms with Gasteiger partial charge in [-0.1, -0.05) is 51.2 Å². The third-order valence-corrected chi connectivity index (χ3v) is 4.40. The molecule has 1 N–H and O–H groups in total.